The maximum Gasteiger partial charge on any atom is 0.338 e. The topological polar surface area (TPSA) is 120 Å². The fourth-order valence-electron chi connectivity index (χ4n) is 5.53. The van der Waals surface area contributed by atoms with E-state index in [4.69, 9.17) is 9.84 Å². The Morgan fingerprint density at radius 1 is 1.02 bits per heavy atom. The normalized spacial score (nSPS) is 16.4. The van der Waals surface area contributed by atoms with Crippen LogP contribution in [-0.2, 0) is 9.53 Å². The summed E-state index contributed by atoms with van der Waals surface area (Å²) in [6.07, 6.45) is 2.00. The highest BCUT2D eigenvalue weighted by Crippen LogP contribution is 2.39. The minimum absolute atomic E-state index is 0.123. The van der Waals surface area contributed by atoms with Gasteiger partial charge in [0.2, 0.25) is 0 Å². The molecule has 9 heteroatoms. The second-order valence-corrected chi connectivity index (χ2v) is 10.7. The van der Waals surface area contributed by atoms with Crippen LogP contribution in [0.25, 0.3) is 11.3 Å². The minimum atomic E-state index is -0.462. The molecule has 2 aliphatic rings. The van der Waals surface area contributed by atoms with Crippen molar-refractivity contribution in [1.82, 2.24) is 10.2 Å². The molecule has 42 heavy (non-hydrogen) atoms. The Kier molecular flexibility index (Phi) is 9.00. The Bertz CT molecular complexity index is 1490. The molecule has 0 aromatic heterocycles. The Balaban J connectivity index is 1.35. The van der Waals surface area contributed by atoms with E-state index in [1.807, 2.05) is 55.5 Å². The lowest BCUT2D eigenvalue weighted by Crippen LogP contribution is -2.39. The SMILES string of the molecule is COC(=O)c1cc2c(cc1C)/C(=C(/Nc1ccc(C(=O)NCC3CCN(CCO)CC3)cc1)c1ccccc1)C(=O)N2. The number of ether oxygens (including phenoxy) is 1. The summed E-state index contributed by atoms with van der Waals surface area (Å²) in [5, 5.41) is 18.5. The van der Waals surface area contributed by atoms with Crippen LogP contribution in [0.2, 0.25) is 0 Å². The molecule has 0 bridgehead atoms. The van der Waals surface area contributed by atoms with E-state index in [2.05, 4.69) is 20.9 Å². The number of rotatable bonds is 9. The van der Waals surface area contributed by atoms with Crippen LogP contribution in [0.4, 0.5) is 11.4 Å². The molecule has 2 aliphatic heterocycles. The molecule has 0 aliphatic carbocycles. The number of amides is 2. The number of carbonyl (C=O) groups excluding carboxylic acids is 3. The van der Waals surface area contributed by atoms with Crippen LogP contribution < -0.4 is 16.0 Å². The molecule has 0 atom stereocenters. The Morgan fingerprint density at radius 3 is 2.40 bits per heavy atom. The summed E-state index contributed by atoms with van der Waals surface area (Å²) < 4.78 is 4.90. The van der Waals surface area contributed by atoms with Crippen LogP contribution >= 0.6 is 0 Å². The van der Waals surface area contributed by atoms with E-state index < -0.39 is 5.97 Å². The highest BCUT2D eigenvalue weighted by molar-refractivity contribution is 6.37. The molecule has 0 unspecified atom stereocenters. The molecule has 5 rings (SSSR count). The number of hydrogen-bond acceptors (Lipinski definition) is 7. The van der Waals surface area contributed by atoms with Gasteiger partial charge in [-0.3, -0.25) is 9.59 Å². The predicted octanol–water partition coefficient (Wildman–Crippen LogP) is 4.15. The molecule has 0 saturated carbocycles. The molecule has 4 N–H and O–H groups in total. The first-order valence-electron chi connectivity index (χ1n) is 14.2. The van der Waals surface area contributed by atoms with E-state index in [1.54, 1.807) is 18.2 Å². The number of aliphatic hydroxyl groups excluding tert-OH is 1. The second kappa shape index (κ2) is 13.0. The highest BCUT2D eigenvalue weighted by Gasteiger charge is 2.30. The van der Waals surface area contributed by atoms with Crippen LogP contribution in [0.1, 0.15) is 50.2 Å². The zero-order valence-corrected chi connectivity index (χ0v) is 23.9. The van der Waals surface area contributed by atoms with Crippen molar-refractivity contribution in [3.05, 3.63) is 94.5 Å². The van der Waals surface area contributed by atoms with E-state index in [1.165, 1.54) is 7.11 Å². The number of aryl methyl sites for hydroxylation is 1. The number of fused-ring (bicyclic) bond motifs is 1. The molecule has 2 amide bonds. The summed E-state index contributed by atoms with van der Waals surface area (Å²) in [6, 6.07) is 20.2. The van der Waals surface area contributed by atoms with Gasteiger partial charge in [0.1, 0.15) is 0 Å². The van der Waals surface area contributed by atoms with Gasteiger partial charge in [0.15, 0.2) is 0 Å². The maximum atomic E-state index is 13.3. The molecule has 0 radical (unpaired) electrons. The van der Waals surface area contributed by atoms with Crippen LogP contribution in [0.15, 0.2) is 66.7 Å². The third-order valence-electron chi connectivity index (χ3n) is 7.92. The number of anilines is 2. The van der Waals surface area contributed by atoms with Gasteiger partial charge in [-0.2, -0.15) is 0 Å². The van der Waals surface area contributed by atoms with Gasteiger partial charge in [-0.05, 0) is 86.3 Å². The van der Waals surface area contributed by atoms with Crippen LogP contribution in [-0.4, -0.2) is 67.7 Å². The van der Waals surface area contributed by atoms with Gasteiger partial charge in [-0.1, -0.05) is 30.3 Å². The van der Waals surface area contributed by atoms with Crippen molar-refractivity contribution < 1.29 is 24.2 Å². The fourth-order valence-corrected chi connectivity index (χ4v) is 5.53. The number of piperidine rings is 1. The second-order valence-electron chi connectivity index (χ2n) is 10.7. The first kappa shape index (κ1) is 29.0. The first-order chi connectivity index (χ1) is 20.4. The fraction of sp³-hybridized carbons (Fsp3) is 0.303. The van der Waals surface area contributed by atoms with Crippen molar-refractivity contribution in [2.75, 3.05) is 50.5 Å². The van der Waals surface area contributed by atoms with Crippen molar-refractivity contribution in [3.63, 3.8) is 0 Å². The number of hydrogen-bond donors (Lipinski definition) is 4. The molecule has 3 aromatic carbocycles. The molecule has 0 spiro atoms. The van der Waals surface area contributed by atoms with Crippen LogP contribution in [0.3, 0.4) is 0 Å². The number of methoxy groups -OCH3 is 1. The lowest BCUT2D eigenvalue weighted by Gasteiger charge is -2.31. The lowest BCUT2D eigenvalue weighted by molar-refractivity contribution is -0.110. The average molecular weight is 569 g/mol. The van der Waals surface area contributed by atoms with E-state index >= 15 is 0 Å². The number of aliphatic hydroxyl groups is 1. The van der Waals surface area contributed by atoms with E-state index in [0.717, 1.165) is 37.2 Å². The zero-order chi connectivity index (χ0) is 29.6. The number of nitrogens with one attached hydrogen (secondary N) is 3. The number of likely N-dealkylation sites (tertiary alicyclic amines) is 1. The highest BCUT2D eigenvalue weighted by atomic mass is 16.5. The maximum absolute atomic E-state index is 13.3. The standard InChI is InChI=1S/C33H36N4O5/c1-21-18-27-28(19-26(21)33(41)42-2)36-32(40)29(27)30(23-6-4-3-5-7-23)35-25-10-8-24(9-11-25)31(39)34-20-22-12-14-37(15-13-22)16-17-38/h3-11,18-19,22,35,38H,12-17,20H2,1-2H3,(H,34,39)(H,36,40)/b30-29-. The monoisotopic (exact) mass is 568 g/mol. The number of esters is 1. The average Bonchev–Trinajstić information content (AvgIpc) is 3.33. The minimum Gasteiger partial charge on any atom is -0.465 e. The molecule has 218 valence electrons. The Labute approximate surface area is 245 Å². The summed E-state index contributed by atoms with van der Waals surface area (Å²) in [5.74, 6) is -0.438. The van der Waals surface area contributed by atoms with Crippen molar-refractivity contribution in [1.29, 1.82) is 0 Å². The summed E-state index contributed by atoms with van der Waals surface area (Å²) in [7, 11) is 1.33. The Morgan fingerprint density at radius 2 is 1.74 bits per heavy atom. The smallest absolute Gasteiger partial charge is 0.338 e. The molecule has 3 aromatic rings. The zero-order valence-electron chi connectivity index (χ0n) is 23.9. The van der Waals surface area contributed by atoms with Gasteiger partial charge in [0.05, 0.1) is 36.2 Å². The number of β-amino-alcohol motifs (C(OH)–C–C–N with tert-alkyl or cyclic N) is 1. The first-order valence-corrected chi connectivity index (χ1v) is 14.2. The van der Waals surface area contributed by atoms with Gasteiger partial charge < -0.3 is 30.7 Å². The lowest BCUT2D eigenvalue weighted by atomic mass is 9.96. The quantitative estimate of drug-likeness (QED) is 0.226. The van der Waals surface area contributed by atoms with E-state index in [0.29, 0.717) is 58.2 Å². The van der Waals surface area contributed by atoms with Crippen molar-refractivity contribution >= 4 is 40.4 Å². The van der Waals surface area contributed by atoms with Crippen LogP contribution in [0, 0.1) is 12.8 Å². The Hall–Kier alpha value is -4.47. The van der Waals surface area contributed by atoms with Crippen molar-refractivity contribution in [3.8, 4) is 0 Å². The van der Waals surface area contributed by atoms with Gasteiger partial charge >= 0.3 is 5.97 Å². The summed E-state index contributed by atoms with van der Waals surface area (Å²) in [4.78, 5) is 40.6. The third kappa shape index (κ3) is 6.37. The third-order valence-corrected chi connectivity index (χ3v) is 7.92. The molecular weight excluding hydrogens is 532 g/mol. The number of benzene rings is 3. The van der Waals surface area contributed by atoms with Gasteiger partial charge in [-0.25, -0.2) is 4.79 Å². The molecule has 2 heterocycles. The molecule has 9 nitrogen and oxygen atoms in total. The van der Waals surface area contributed by atoms with Crippen molar-refractivity contribution in [2.24, 2.45) is 5.92 Å². The summed E-state index contributed by atoms with van der Waals surface area (Å²) in [6.45, 7) is 5.20. The molecule has 1 fully saturated rings. The molecule has 1 saturated heterocycles. The van der Waals surface area contributed by atoms with E-state index in [-0.39, 0.29) is 18.4 Å². The van der Waals surface area contributed by atoms with E-state index in [9.17, 15) is 14.4 Å². The van der Waals surface area contributed by atoms with Gasteiger partial charge in [0.25, 0.3) is 11.8 Å². The summed E-state index contributed by atoms with van der Waals surface area (Å²) >= 11 is 0. The van der Waals surface area contributed by atoms with Gasteiger partial charge in [0, 0.05) is 29.9 Å². The molecular formula is C33H36N4O5. The predicted molar refractivity (Wildman–Crippen MR) is 163 cm³/mol. The van der Waals surface area contributed by atoms with Crippen LogP contribution in [0.5, 0.6) is 0 Å². The largest absolute Gasteiger partial charge is 0.465 e. The summed E-state index contributed by atoms with van der Waals surface area (Å²) in [5.41, 5.74) is 5.50. The van der Waals surface area contributed by atoms with Crippen molar-refractivity contribution in [2.45, 2.75) is 19.8 Å². The van der Waals surface area contributed by atoms with Gasteiger partial charge in [-0.15, -0.1) is 0 Å². The number of carbonyl (C=O) groups is 3. The number of nitrogens with zero attached hydrogens (tertiary/aromatic N) is 1.